The van der Waals surface area contributed by atoms with Gasteiger partial charge >= 0.3 is 11.9 Å². The molecule has 0 saturated heterocycles. The SMILES string of the molecule is CC(O)CO.CC(O)CO.O=C(O)/C=C/C(=O)O. The lowest BCUT2D eigenvalue weighted by Gasteiger charge is -1.90. The molecule has 0 aromatic carbocycles. The molecule has 18 heavy (non-hydrogen) atoms. The molecule has 0 fully saturated rings. The molecule has 8 nitrogen and oxygen atoms in total. The van der Waals surface area contributed by atoms with Crippen molar-refractivity contribution in [1.82, 2.24) is 0 Å². The third-order valence-corrected chi connectivity index (χ3v) is 0.897. The number of hydrogen-bond acceptors (Lipinski definition) is 6. The van der Waals surface area contributed by atoms with Crippen LogP contribution in [0.2, 0.25) is 0 Å². The molecule has 0 amide bonds. The highest BCUT2D eigenvalue weighted by Crippen LogP contribution is 1.70. The zero-order chi connectivity index (χ0) is 15.1. The molecule has 0 aliphatic rings. The Morgan fingerprint density at radius 1 is 0.889 bits per heavy atom. The molecule has 0 aromatic rings. The molecule has 108 valence electrons. The fourth-order valence-electron chi connectivity index (χ4n) is 0.143. The van der Waals surface area contributed by atoms with Crippen LogP contribution in [0.5, 0.6) is 0 Å². The fourth-order valence-corrected chi connectivity index (χ4v) is 0.143. The van der Waals surface area contributed by atoms with E-state index in [2.05, 4.69) is 0 Å². The summed E-state index contributed by atoms with van der Waals surface area (Å²) in [6, 6.07) is 0. The number of aliphatic carboxylic acids is 2. The van der Waals surface area contributed by atoms with E-state index < -0.39 is 24.1 Å². The van der Waals surface area contributed by atoms with Crippen molar-refractivity contribution in [3.05, 3.63) is 12.2 Å². The third-order valence-electron chi connectivity index (χ3n) is 0.897. The molecule has 0 spiro atoms. The number of carbonyl (C=O) groups is 2. The van der Waals surface area contributed by atoms with Crippen molar-refractivity contribution in [3.63, 3.8) is 0 Å². The molecule has 2 unspecified atom stereocenters. The van der Waals surface area contributed by atoms with Gasteiger partial charge in [0.25, 0.3) is 0 Å². The molecular weight excluding hydrogens is 248 g/mol. The summed E-state index contributed by atoms with van der Waals surface area (Å²) in [6.07, 6.45) is -0.00463. The summed E-state index contributed by atoms with van der Waals surface area (Å²) >= 11 is 0. The number of hydrogen-bond donors (Lipinski definition) is 6. The van der Waals surface area contributed by atoms with Crippen molar-refractivity contribution in [2.24, 2.45) is 0 Å². The Morgan fingerprint density at radius 2 is 1.06 bits per heavy atom. The summed E-state index contributed by atoms with van der Waals surface area (Å²) in [4.78, 5) is 19.1. The molecule has 8 heteroatoms. The third kappa shape index (κ3) is 46.9. The molecule has 0 aliphatic carbocycles. The lowest BCUT2D eigenvalue weighted by Crippen LogP contribution is -2.03. The van der Waals surface area contributed by atoms with Crippen molar-refractivity contribution < 1.29 is 40.2 Å². The van der Waals surface area contributed by atoms with Gasteiger partial charge in [-0.25, -0.2) is 9.59 Å². The predicted molar refractivity (Wildman–Crippen MR) is 61.9 cm³/mol. The lowest BCUT2D eigenvalue weighted by molar-refractivity contribution is -0.134. The Hall–Kier alpha value is -1.48. The molecule has 0 bridgehead atoms. The summed E-state index contributed by atoms with van der Waals surface area (Å²) in [5.41, 5.74) is 0. The van der Waals surface area contributed by atoms with Crippen molar-refractivity contribution in [2.45, 2.75) is 26.1 Å². The van der Waals surface area contributed by atoms with Crippen LogP contribution in [0.15, 0.2) is 12.2 Å². The van der Waals surface area contributed by atoms with E-state index in [0.717, 1.165) is 0 Å². The normalized spacial score (nSPS) is 12.6. The van der Waals surface area contributed by atoms with Crippen molar-refractivity contribution in [1.29, 1.82) is 0 Å². The van der Waals surface area contributed by atoms with E-state index in [4.69, 9.17) is 30.6 Å². The van der Waals surface area contributed by atoms with Gasteiger partial charge in [0.15, 0.2) is 0 Å². The Bertz CT molecular complexity index is 210. The van der Waals surface area contributed by atoms with Gasteiger partial charge in [-0.3, -0.25) is 0 Å². The number of carboxylic acids is 2. The first-order valence-corrected chi connectivity index (χ1v) is 4.89. The van der Waals surface area contributed by atoms with Gasteiger partial charge in [0, 0.05) is 12.2 Å². The van der Waals surface area contributed by atoms with Crippen LogP contribution in [-0.4, -0.2) is 68.0 Å². The van der Waals surface area contributed by atoms with Crippen LogP contribution in [-0.2, 0) is 9.59 Å². The average Bonchev–Trinajstić information content (AvgIpc) is 2.27. The molecular formula is C10H20O8. The molecule has 0 aromatic heterocycles. The first-order valence-electron chi connectivity index (χ1n) is 4.89. The first-order chi connectivity index (χ1) is 8.17. The summed E-state index contributed by atoms with van der Waals surface area (Å²) in [5.74, 6) is -2.51. The van der Waals surface area contributed by atoms with E-state index in [1.807, 2.05) is 0 Å². The number of rotatable bonds is 4. The van der Waals surface area contributed by atoms with Crippen LogP contribution in [0.3, 0.4) is 0 Å². The Labute approximate surface area is 104 Å². The zero-order valence-electron chi connectivity index (χ0n) is 10.2. The maximum Gasteiger partial charge on any atom is 0.328 e. The number of aliphatic hydroxyl groups excluding tert-OH is 4. The van der Waals surface area contributed by atoms with E-state index in [9.17, 15) is 9.59 Å². The van der Waals surface area contributed by atoms with Crippen molar-refractivity contribution in [3.8, 4) is 0 Å². The van der Waals surface area contributed by atoms with Crippen molar-refractivity contribution >= 4 is 11.9 Å². The van der Waals surface area contributed by atoms with Crippen LogP contribution in [0.25, 0.3) is 0 Å². The van der Waals surface area contributed by atoms with Crippen LogP contribution in [0.1, 0.15) is 13.8 Å². The summed E-state index contributed by atoms with van der Waals surface area (Å²) in [5, 5.41) is 47.6. The van der Waals surface area contributed by atoms with Gasteiger partial charge in [0.1, 0.15) is 0 Å². The molecule has 6 N–H and O–H groups in total. The quantitative estimate of drug-likeness (QED) is 0.334. The minimum atomic E-state index is -1.26. The summed E-state index contributed by atoms with van der Waals surface area (Å²) in [6.45, 7) is 2.78. The van der Waals surface area contributed by atoms with Crippen LogP contribution >= 0.6 is 0 Å². The van der Waals surface area contributed by atoms with E-state index in [1.165, 1.54) is 13.8 Å². The second-order valence-electron chi connectivity index (χ2n) is 3.07. The van der Waals surface area contributed by atoms with Gasteiger partial charge in [-0.2, -0.15) is 0 Å². The standard InChI is InChI=1S/C4H4O4.2C3H8O2/c5-3(6)1-2-4(7)8;2*1-3(5)2-4/h1-2H,(H,5,6)(H,7,8);2*3-5H,2H2,1H3/b2-1+;;. The highest BCUT2D eigenvalue weighted by molar-refractivity contribution is 5.89. The highest BCUT2D eigenvalue weighted by Gasteiger charge is 1.88. The minimum absolute atomic E-state index is 0.139. The smallest absolute Gasteiger partial charge is 0.328 e. The monoisotopic (exact) mass is 268 g/mol. The van der Waals surface area contributed by atoms with Gasteiger partial charge in [-0.05, 0) is 13.8 Å². The van der Waals surface area contributed by atoms with Gasteiger partial charge in [-0.1, -0.05) is 0 Å². The Balaban J connectivity index is -0.000000197. The van der Waals surface area contributed by atoms with E-state index in [0.29, 0.717) is 12.2 Å². The van der Waals surface area contributed by atoms with Crippen LogP contribution in [0, 0.1) is 0 Å². The number of aliphatic hydroxyl groups is 4. The molecule has 0 heterocycles. The van der Waals surface area contributed by atoms with Gasteiger partial charge in [0.2, 0.25) is 0 Å². The predicted octanol–water partition coefficient (Wildman–Crippen LogP) is -1.57. The maximum atomic E-state index is 9.55. The molecule has 0 rings (SSSR count). The molecule has 0 saturated carbocycles. The highest BCUT2D eigenvalue weighted by atomic mass is 16.4. The van der Waals surface area contributed by atoms with Crippen molar-refractivity contribution in [2.75, 3.05) is 13.2 Å². The molecule has 0 aliphatic heterocycles. The Kier molecular flexibility index (Phi) is 18.8. The Morgan fingerprint density at radius 3 is 1.11 bits per heavy atom. The largest absolute Gasteiger partial charge is 0.478 e. The topological polar surface area (TPSA) is 156 Å². The first kappa shape index (κ1) is 21.8. The molecule has 2 atom stereocenters. The number of carboxylic acid groups (broad SMARTS) is 2. The second kappa shape index (κ2) is 15.5. The summed E-state index contributed by atoms with van der Waals surface area (Å²) < 4.78 is 0. The zero-order valence-corrected chi connectivity index (χ0v) is 10.2. The summed E-state index contributed by atoms with van der Waals surface area (Å²) in [7, 11) is 0. The van der Waals surface area contributed by atoms with E-state index in [1.54, 1.807) is 0 Å². The lowest BCUT2D eigenvalue weighted by atomic mass is 10.5. The minimum Gasteiger partial charge on any atom is -0.478 e. The van der Waals surface area contributed by atoms with Crippen LogP contribution in [0.4, 0.5) is 0 Å². The van der Waals surface area contributed by atoms with E-state index >= 15 is 0 Å². The maximum absolute atomic E-state index is 9.55. The van der Waals surface area contributed by atoms with Gasteiger partial charge in [-0.15, -0.1) is 0 Å². The van der Waals surface area contributed by atoms with E-state index in [-0.39, 0.29) is 13.2 Å². The van der Waals surface area contributed by atoms with Gasteiger partial charge < -0.3 is 30.6 Å². The van der Waals surface area contributed by atoms with Crippen LogP contribution < -0.4 is 0 Å². The molecule has 0 radical (unpaired) electrons. The van der Waals surface area contributed by atoms with Gasteiger partial charge in [0.05, 0.1) is 25.4 Å². The fraction of sp³-hybridized carbons (Fsp3) is 0.600. The average molecular weight is 268 g/mol. The second-order valence-corrected chi connectivity index (χ2v) is 3.07.